The van der Waals surface area contributed by atoms with E-state index in [4.69, 9.17) is 9.47 Å². The third-order valence-corrected chi connectivity index (χ3v) is 9.32. The van der Waals surface area contributed by atoms with Gasteiger partial charge in [0.05, 0.1) is 30.8 Å². The number of nitrogens with zero attached hydrogens (tertiary/aromatic N) is 2. The number of hydrogen-bond donors (Lipinski definition) is 1. The van der Waals surface area contributed by atoms with E-state index in [0.29, 0.717) is 12.1 Å². The number of likely N-dealkylation sites (tertiary alicyclic amines) is 1. The van der Waals surface area contributed by atoms with Crippen LogP contribution in [0, 0.1) is 17.3 Å². The van der Waals surface area contributed by atoms with E-state index in [-0.39, 0.29) is 30.4 Å². The van der Waals surface area contributed by atoms with Gasteiger partial charge in [0.25, 0.3) is 0 Å². The molecular formula is C34H46N2O6. The van der Waals surface area contributed by atoms with Gasteiger partial charge < -0.3 is 24.4 Å². The van der Waals surface area contributed by atoms with E-state index in [1.54, 1.807) is 0 Å². The van der Waals surface area contributed by atoms with Crippen LogP contribution in [0.1, 0.15) is 78.8 Å². The Labute approximate surface area is 249 Å². The average Bonchev–Trinajstić information content (AvgIpc) is 3.23. The quantitative estimate of drug-likeness (QED) is 0.406. The van der Waals surface area contributed by atoms with E-state index in [2.05, 4.69) is 34.6 Å². The Morgan fingerprint density at radius 3 is 2.36 bits per heavy atom. The van der Waals surface area contributed by atoms with Crippen LogP contribution >= 0.6 is 0 Å². The van der Waals surface area contributed by atoms with Gasteiger partial charge in [-0.3, -0.25) is 14.4 Å². The van der Waals surface area contributed by atoms with Crippen molar-refractivity contribution in [1.82, 2.24) is 9.80 Å². The van der Waals surface area contributed by atoms with Crippen molar-refractivity contribution in [1.29, 1.82) is 0 Å². The van der Waals surface area contributed by atoms with Gasteiger partial charge in [-0.2, -0.15) is 0 Å². The third-order valence-electron chi connectivity index (χ3n) is 9.32. The summed E-state index contributed by atoms with van der Waals surface area (Å²) in [6.45, 7) is 12.6. The number of carbonyl (C=O) groups is 3. The Balaban J connectivity index is 1.69. The van der Waals surface area contributed by atoms with Gasteiger partial charge in [0.2, 0.25) is 11.8 Å². The molecule has 4 heterocycles. The van der Waals surface area contributed by atoms with Gasteiger partial charge in [-0.25, -0.2) is 0 Å². The zero-order valence-electron chi connectivity index (χ0n) is 25.8. The minimum atomic E-state index is -1.42. The molecular weight excluding hydrogens is 532 g/mol. The maximum Gasteiger partial charge on any atom is 0.313 e. The summed E-state index contributed by atoms with van der Waals surface area (Å²) in [5.74, 6) is -3.06. The summed E-state index contributed by atoms with van der Waals surface area (Å²) in [5, 5.41) is 10.7. The number of benzene rings is 1. The second kappa shape index (κ2) is 10.9. The van der Waals surface area contributed by atoms with Crippen LogP contribution in [0.4, 0.5) is 0 Å². The third kappa shape index (κ3) is 5.11. The number of esters is 1. The summed E-state index contributed by atoms with van der Waals surface area (Å²) in [5.41, 5.74) is -2.46. The lowest BCUT2D eigenvalue weighted by atomic mass is 9.74. The van der Waals surface area contributed by atoms with Crippen molar-refractivity contribution >= 4 is 17.8 Å². The summed E-state index contributed by atoms with van der Waals surface area (Å²) in [4.78, 5) is 46.8. The molecule has 5 rings (SSSR count). The number of fused-ring (bicyclic) bond motifs is 2. The molecule has 0 saturated carbocycles. The van der Waals surface area contributed by atoms with Crippen LogP contribution in [-0.4, -0.2) is 75.2 Å². The van der Waals surface area contributed by atoms with Crippen LogP contribution in [0.2, 0.25) is 0 Å². The monoisotopic (exact) mass is 578 g/mol. The van der Waals surface area contributed by atoms with Gasteiger partial charge in [-0.15, -0.1) is 0 Å². The molecule has 1 unspecified atom stereocenters. The second-order valence-electron chi connectivity index (χ2n) is 14.3. The van der Waals surface area contributed by atoms with Crippen LogP contribution < -0.4 is 0 Å². The number of allylic oxidation sites excluding steroid dienone is 1. The Kier molecular flexibility index (Phi) is 7.94. The van der Waals surface area contributed by atoms with Crippen LogP contribution in [0.25, 0.3) is 0 Å². The van der Waals surface area contributed by atoms with E-state index in [1.165, 1.54) is 4.90 Å². The Hall–Kier alpha value is -2.97. The van der Waals surface area contributed by atoms with Gasteiger partial charge in [-0.1, -0.05) is 75.4 Å². The first-order valence-corrected chi connectivity index (χ1v) is 15.3. The second-order valence-corrected chi connectivity index (χ2v) is 14.3. The van der Waals surface area contributed by atoms with Crippen molar-refractivity contribution in [3.05, 3.63) is 60.2 Å². The topological polar surface area (TPSA) is 96.4 Å². The standard InChI is InChI=1S/C34H46N2O6/c1-31(2,3)22-32(4,5)35-19-14-18-34-25(26-30(40)41-20-13-8-7-12-17-33(26,6)42-34)28(38)36(27(34)29(35)39)24(21-37)23-15-10-9-11-16-23/h9-12,14-18,24-27,37H,7-8,13,19-22H2,1-6H3/b17-12-/t24-,25+,26+,27?,33-,34+/m1/s1. The number of hydrogen-bond acceptors (Lipinski definition) is 6. The lowest BCUT2D eigenvalue weighted by molar-refractivity contribution is -0.163. The summed E-state index contributed by atoms with van der Waals surface area (Å²) in [6.07, 6.45) is 10.8. The van der Waals surface area contributed by atoms with Gasteiger partial charge in [0.1, 0.15) is 17.6 Å². The SMILES string of the molecule is CC(C)(C)CC(C)(C)N1CC=C[C@]23O[C@]4(C)/C=C\CCCCOC(=O)[C@@H]4[C@H]2C(=O)N([C@H](CO)c2ccccc2)C3C1=O. The molecule has 42 heavy (non-hydrogen) atoms. The van der Waals surface area contributed by atoms with Gasteiger partial charge in [0, 0.05) is 12.1 Å². The molecule has 8 heteroatoms. The first-order chi connectivity index (χ1) is 19.8. The Morgan fingerprint density at radius 1 is 0.976 bits per heavy atom. The van der Waals surface area contributed by atoms with Crippen molar-refractivity contribution in [3.8, 4) is 0 Å². The summed E-state index contributed by atoms with van der Waals surface area (Å²) in [7, 11) is 0. The minimum Gasteiger partial charge on any atom is -0.465 e. The summed E-state index contributed by atoms with van der Waals surface area (Å²) < 4.78 is 12.7. The molecule has 2 saturated heterocycles. The largest absolute Gasteiger partial charge is 0.465 e. The highest BCUT2D eigenvalue weighted by atomic mass is 16.6. The molecule has 1 spiro atoms. The van der Waals surface area contributed by atoms with Crippen LogP contribution in [0.5, 0.6) is 0 Å². The van der Waals surface area contributed by atoms with E-state index >= 15 is 0 Å². The number of cyclic esters (lactones) is 1. The van der Waals surface area contributed by atoms with Crippen LogP contribution in [-0.2, 0) is 23.9 Å². The highest BCUT2D eigenvalue weighted by Crippen LogP contribution is 2.58. The molecule has 0 aliphatic carbocycles. The van der Waals surface area contributed by atoms with Crippen LogP contribution in [0.3, 0.4) is 0 Å². The maximum absolute atomic E-state index is 14.9. The smallest absolute Gasteiger partial charge is 0.313 e. The Morgan fingerprint density at radius 2 is 1.69 bits per heavy atom. The number of ether oxygens (including phenoxy) is 2. The zero-order chi connectivity index (χ0) is 30.5. The predicted molar refractivity (Wildman–Crippen MR) is 159 cm³/mol. The first-order valence-electron chi connectivity index (χ1n) is 15.3. The van der Waals surface area contributed by atoms with Crippen molar-refractivity contribution < 1.29 is 29.0 Å². The molecule has 4 aliphatic heterocycles. The summed E-state index contributed by atoms with van der Waals surface area (Å²) >= 11 is 0. The molecule has 1 aromatic carbocycles. The number of aliphatic hydroxyl groups excluding tert-OH is 1. The Bertz CT molecular complexity index is 1270. The van der Waals surface area contributed by atoms with E-state index in [1.807, 2.05) is 66.5 Å². The molecule has 0 radical (unpaired) electrons. The van der Waals surface area contributed by atoms with E-state index in [9.17, 15) is 19.5 Å². The highest BCUT2D eigenvalue weighted by molar-refractivity contribution is 5.99. The van der Waals surface area contributed by atoms with Gasteiger partial charge >= 0.3 is 5.97 Å². The lowest BCUT2D eigenvalue weighted by Crippen LogP contribution is -2.60. The molecule has 8 nitrogen and oxygen atoms in total. The van der Waals surface area contributed by atoms with Crippen molar-refractivity contribution in [3.63, 3.8) is 0 Å². The molecule has 4 aliphatic rings. The minimum absolute atomic E-state index is 0.0583. The number of carbonyl (C=O) groups excluding carboxylic acids is 3. The number of amides is 2. The first kappa shape index (κ1) is 30.5. The zero-order valence-corrected chi connectivity index (χ0v) is 25.8. The normalized spacial score (nSPS) is 33.4. The fraction of sp³-hybridized carbons (Fsp3) is 0.618. The number of rotatable bonds is 5. The molecule has 2 fully saturated rings. The average molecular weight is 579 g/mol. The van der Waals surface area contributed by atoms with Gasteiger partial charge in [-0.05, 0) is 57.4 Å². The van der Waals surface area contributed by atoms with Gasteiger partial charge in [0.15, 0.2) is 0 Å². The molecule has 228 valence electrons. The van der Waals surface area contributed by atoms with Crippen molar-refractivity contribution in [2.45, 2.75) is 96.1 Å². The lowest BCUT2D eigenvalue weighted by Gasteiger charge is -2.45. The summed E-state index contributed by atoms with van der Waals surface area (Å²) in [6, 6.07) is 7.38. The molecule has 6 atom stereocenters. The van der Waals surface area contributed by atoms with Crippen molar-refractivity contribution in [2.75, 3.05) is 19.8 Å². The van der Waals surface area contributed by atoms with Crippen molar-refractivity contribution in [2.24, 2.45) is 17.3 Å². The van der Waals surface area contributed by atoms with Crippen LogP contribution in [0.15, 0.2) is 54.6 Å². The predicted octanol–water partition coefficient (Wildman–Crippen LogP) is 4.59. The number of aliphatic hydroxyl groups is 1. The molecule has 2 amide bonds. The van der Waals surface area contributed by atoms with E-state index < -0.39 is 46.6 Å². The maximum atomic E-state index is 14.9. The highest BCUT2D eigenvalue weighted by Gasteiger charge is 2.75. The molecule has 1 N–H and O–H groups in total. The fourth-order valence-electron chi connectivity index (χ4n) is 8.04. The molecule has 1 aromatic rings. The fourth-order valence-corrected chi connectivity index (χ4v) is 8.04. The molecule has 0 aromatic heterocycles. The molecule has 0 bridgehead atoms. The van der Waals surface area contributed by atoms with E-state index in [0.717, 1.165) is 25.7 Å².